The van der Waals surface area contributed by atoms with Crippen molar-refractivity contribution >= 4 is 11.8 Å². The molecule has 1 saturated heterocycles. The van der Waals surface area contributed by atoms with E-state index in [2.05, 4.69) is 11.9 Å². The van der Waals surface area contributed by atoms with Gasteiger partial charge in [0.2, 0.25) is 11.8 Å². The van der Waals surface area contributed by atoms with Crippen LogP contribution in [0.25, 0.3) is 0 Å². The van der Waals surface area contributed by atoms with Crippen LogP contribution in [0.1, 0.15) is 37.7 Å². The first-order chi connectivity index (χ1) is 11.1. The van der Waals surface area contributed by atoms with Gasteiger partial charge in [0.25, 0.3) is 0 Å². The summed E-state index contributed by atoms with van der Waals surface area (Å²) in [6.45, 7) is 4.61. The number of nitrogens with zero attached hydrogens (tertiary/aromatic N) is 1. The lowest BCUT2D eigenvalue weighted by molar-refractivity contribution is -0.132. The number of rotatable bonds is 3. The highest BCUT2D eigenvalue weighted by molar-refractivity contribution is 5.86. The zero-order valence-corrected chi connectivity index (χ0v) is 12.7. The van der Waals surface area contributed by atoms with Crippen LogP contribution in [0.15, 0.2) is 37.0 Å². The molecule has 2 amide bonds. The van der Waals surface area contributed by atoms with E-state index in [4.69, 9.17) is 1.37 Å². The molecule has 2 aliphatic rings. The number of carbonyl (C=O) groups excluding carboxylic acids is 2. The van der Waals surface area contributed by atoms with Crippen LogP contribution >= 0.6 is 0 Å². The van der Waals surface area contributed by atoms with E-state index in [0.717, 1.165) is 30.4 Å². The molecule has 116 valence electrons. The van der Waals surface area contributed by atoms with Crippen molar-refractivity contribution in [2.45, 2.75) is 31.6 Å². The Kier molecular flexibility index (Phi) is 3.91. The zero-order chi connectivity index (χ0) is 16.4. The molecule has 1 aliphatic carbocycles. The molecule has 0 spiro atoms. The van der Waals surface area contributed by atoms with Gasteiger partial charge in [0.15, 0.2) is 0 Å². The van der Waals surface area contributed by atoms with E-state index in [1.807, 2.05) is 17.0 Å². The molecule has 0 aromatic heterocycles. The summed E-state index contributed by atoms with van der Waals surface area (Å²) in [6.07, 6.45) is 4.73. The minimum absolute atomic E-state index is 0.0622. The molecule has 0 saturated carbocycles. The van der Waals surface area contributed by atoms with Gasteiger partial charge in [-0.15, -0.1) is 0 Å². The molecule has 2 unspecified atom stereocenters. The second-order valence-corrected chi connectivity index (χ2v) is 6.03. The molecule has 22 heavy (non-hydrogen) atoms. The Balaban J connectivity index is 1.74. The lowest BCUT2D eigenvalue weighted by Crippen LogP contribution is -2.36. The summed E-state index contributed by atoms with van der Waals surface area (Å²) in [5.41, 5.74) is 2.02. The molecule has 1 aliphatic heterocycles. The highest BCUT2D eigenvalue weighted by Crippen LogP contribution is 2.34. The Hall–Kier alpha value is -2.10. The third-order valence-electron chi connectivity index (χ3n) is 4.69. The smallest absolute Gasteiger partial charge is 0.230 e. The molecule has 1 fully saturated rings. The van der Waals surface area contributed by atoms with Crippen molar-refractivity contribution in [3.8, 4) is 0 Å². The number of hydrogen-bond donors (Lipinski definition) is 1. The van der Waals surface area contributed by atoms with Crippen molar-refractivity contribution in [2.24, 2.45) is 5.92 Å². The van der Waals surface area contributed by atoms with Crippen molar-refractivity contribution in [3.63, 3.8) is 0 Å². The molecule has 1 N–H and O–H groups in total. The van der Waals surface area contributed by atoms with Crippen molar-refractivity contribution in [3.05, 3.63) is 48.1 Å². The average Bonchev–Trinajstić information content (AvgIpc) is 3.04. The van der Waals surface area contributed by atoms with Crippen LogP contribution < -0.4 is 5.32 Å². The number of hydrogen-bond acceptors (Lipinski definition) is 2. The van der Waals surface area contributed by atoms with E-state index in [1.54, 1.807) is 6.07 Å². The third kappa shape index (κ3) is 2.78. The molecular weight excluding hydrogens is 276 g/mol. The maximum Gasteiger partial charge on any atom is 0.230 e. The Morgan fingerprint density at radius 1 is 1.41 bits per heavy atom. The van der Waals surface area contributed by atoms with Gasteiger partial charge in [-0.25, -0.2) is 0 Å². The van der Waals surface area contributed by atoms with Crippen molar-refractivity contribution in [1.29, 1.82) is 0 Å². The van der Waals surface area contributed by atoms with Crippen molar-refractivity contribution in [2.75, 3.05) is 13.1 Å². The number of fused-ring (bicyclic) bond motifs is 1. The Morgan fingerprint density at radius 2 is 2.27 bits per heavy atom. The van der Waals surface area contributed by atoms with Crippen LogP contribution in [0.2, 0.25) is 0 Å². The Labute approximate surface area is 132 Å². The molecule has 1 heterocycles. The molecular formula is C18H22N2O2. The minimum Gasteiger partial charge on any atom is -0.341 e. The maximum absolute atomic E-state index is 12.9. The molecule has 2 atom stereocenters. The van der Waals surface area contributed by atoms with Crippen LogP contribution in [0.4, 0.5) is 0 Å². The molecule has 4 heteroatoms. The van der Waals surface area contributed by atoms with E-state index >= 15 is 0 Å². The Bertz CT molecular complexity index is 644. The third-order valence-corrected chi connectivity index (χ3v) is 4.69. The number of nitrogens with one attached hydrogen (secondary N) is 1. The van der Waals surface area contributed by atoms with E-state index in [1.165, 1.54) is 6.20 Å². The number of carbonyl (C=O) groups is 2. The van der Waals surface area contributed by atoms with Gasteiger partial charge in [0.05, 0.1) is 13.2 Å². The lowest BCUT2D eigenvalue weighted by atomic mass is 9.82. The predicted octanol–water partition coefficient (Wildman–Crippen LogP) is 2.21. The van der Waals surface area contributed by atoms with Crippen molar-refractivity contribution < 1.29 is 11.0 Å². The quantitative estimate of drug-likeness (QED) is 0.930. The monoisotopic (exact) mass is 300 g/mol. The summed E-state index contributed by atoms with van der Waals surface area (Å²) in [4.78, 5) is 26.6. The van der Waals surface area contributed by atoms with Crippen LogP contribution in [-0.4, -0.2) is 29.8 Å². The fraction of sp³-hybridized carbons (Fsp3) is 0.444. The fourth-order valence-corrected chi connectivity index (χ4v) is 3.54. The minimum atomic E-state index is -0.162. The standard InChI is InChI=1S/C18H22N2O2/c1-2-19-17(21)14-10-11-20(12-14)18(22)16-9-5-7-13-6-3-4-8-15(13)16/h2-4,6,8,14,16H,1,5,7,9-12H2,(H,19,21)/i6T. The first-order valence-electron chi connectivity index (χ1n) is 8.40. The highest BCUT2D eigenvalue weighted by atomic mass is 16.2. The summed E-state index contributed by atoms with van der Waals surface area (Å²) >= 11 is 0. The molecule has 0 radical (unpaired) electrons. The van der Waals surface area contributed by atoms with Crippen molar-refractivity contribution in [1.82, 2.24) is 10.2 Å². The molecule has 1 aromatic rings. The molecule has 1 aromatic carbocycles. The molecule has 3 rings (SSSR count). The summed E-state index contributed by atoms with van der Waals surface area (Å²) < 4.78 is 8.04. The topological polar surface area (TPSA) is 49.4 Å². The zero-order valence-electron chi connectivity index (χ0n) is 13.7. The normalized spacial score (nSPS) is 24.4. The number of benzene rings is 1. The van der Waals surface area contributed by atoms with Gasteiger partial charge in [0.1, 0.15) is 0 Å². The summed E-state index contributed by atoms with van der Waals surface area (Å²) in [5.74, 6) is -0.272. The number of amides is 2. The fourth-order valence-electron chi connectivity index (χ4n) is 3.54. The molecule has 4 nitrogen and oxygen atoms in total. The van der Waals surface area contributed by atoms with Gasteiger partial charge in [-0.2, -0.15) is 0 Å². The van der Waals surface area contributed by atoms with Crippen LogP contribution in [0.3, 0.4) is 0 Å². The van der Waals surface area contributed by atoms with E-state index in [-0.39, 0.29) is 23.7 Å². The summed E-state index contributed by atoms with van der Waals surface area (Å²) in [6, 6.07) is 6.16. The first-order valence-corrected chi connectivity index (χ1v) is 7.90. The van der Waals surface area contributed by atoms with Gasteiger partial charge >= 0.3 is 0 Å². The molecule has 0 bridgehead atoms. The van der Waals surface area contributed by atoms with Crippen LogP contribution in [-0.2, 0) is 16.0 Å². The lowest BCUT2D eigenvalue weighted by Gasteiger charge is -2.28. The van der Waals surface area contributed by atoms with Gasteiger partial charge in [-0.1, -0.05) is 30.8 Å². The van der Waals surface area contributed by atoms with Gasteiger partial charge < -0.3 is 10.2 Å². The van der Waals surface area contributed by atoms with Gasteiger partial charge in [-0.05, 0) is 43.0 Å². The van der Waals surface area contributed by atoms with Crippen LogP contribution in [0, 0.1) is 5.92 Å². The second kappa shape index (κ2) is 6.34. The van der Waals surface area contributed by atoms with E-state index in [9.17, 15) is 9.59 Å². The van der Waals surface area contributed by atoms with E-state index in [0.29, 0.717) is 25.6 Å². The van der Waals surface area contributed by atoms with E-state index < -0.39 is 0 Å². The summed E-state index contributed by atoms with van der Waals surface area (Å²) in [5, 5.41) is 2.61. The van der Waals surface area contributed by atoms with Gasteiger partial charge in [0, 0.05) is 13.1 Å². The predicted molar refractivity (Wildman–Crippen MR) is 85.1 cm³/mol. The first kappa shape index (κ1) is 13.6. The SMILES string of the molecule is [3H]c1cccc2c1CCCC2C(=O)N1CCC(C(=O)NC=C)C1. The largest absolute Gasteiger partial charge is 0.341 e. The number of likely N-dealkylation sites (tertiary alicyclic amines) is 1. The average molecular weight is 300 g/mol. The van der Waals surface area contributed by atoms with Crippen LogP contribution in [0.5, 0.6) is 0 Å². The summed E-state index contributed by atoms with van der Waals surface area (Å²) in [7, 11) is 0. The van der Waals surface area contributed by atoms with Gasteiger partial charge in [-0.3, -0.25) is 9.59 Å². The maximum atomic E-state index is 12.9. The second-order valence-electron chi connectivity index (χ2n) is 6.03. The Morgan fingerprint density at radius 3 is 3.09 bits per heavy atom. The highest BCUT2D eigenvalue weighted by Gasteiger charge is 2.35.